The molecule has 0 aliphatic rings. The second-order valence-corrected chi connectivity index (χ2v) is 8.28. The number of carbonyl (C=O) groups excluding carboxylic acids is 1. The number of nitrogens with one attached hydrogen (secondary N) is 1. The average Bonchev–Trinajstić information content (AvgIpc) is 2.68. The zero-order chi connectivity index (χ0) is 20.1. The van der Waals surface area contributed by atoms with Crippen molar-refractivity contribution in [3.63, 3.8) is 0 Å². The second kappa shape index (κ2) is 8.46. The van der Waals surface area contributed by atoms with Crippen molar-refractivity contribution in [1.82, 2.24) is 0 Å². The summed E-state index contributed by atoms with van der Waals surface area (Å²) in [4.78, 5) is 12.3. The molecule has 0 spiro atoms. The molecule has 0 radical (unpaired) electrons. The molecule has 0 heterocycles. The van der Waals surface area contributed by atoms with Crippen LogP contribution in [0.3, 0.4) is 0 Å². The van der Waals surface area contributed by atoms with Gasteiger partial charge in [-0.1, -0.05) is 29.3 Å². The van der Waals surface area contributed by atoms with Gasteiger partial charge in [0.1, 0.15) is 5.75 Å². The Balaban J connectivity index is 1.61. The van der Waals surface area contributed by atoms with Crippen molar-refractivity contribution in [3.8, 4) is 5.75 Å². The summed E-state index contributed by atoms with van der Waals surface area (Å²) in [5.41, 5.74) is 1.89. The molecular formula is C21H18ClNO4S. The molecule has 1 N–H and O–H groups in total. The van der Waals surface area contributed by atoms with Gasteiger partial charge < -0.3 is 4.74 Å². The van der Waals surface area contributed by atoms with Crippen LogP contribution in [0.4, 0.5) is 5.69 Å². The van der Waals surface area contributed by atoms with Crippen molar-refractivity contribution in [1.29, 1.82) is 0 Å². The lowest BCUT2D eigenvalue weighted by Crippen LogP contribution is -2.13. The third-order valence-electron chi connectivity index (χ3n) is 3.97. The van der Waals surface area contributed by atoms with E-state index in [1.54, 1.807) is 72.8 Å². The molecule has 0 saturated heterocycles. The maximum absolute atomic E-state index is 12.4. The van der Waals surface area contributed by atoms with Crippen LogP contribution in [0.2, 0.25) is 5.02 Å². The zero-order valence-electron chi connectivity index (χ0n) is 15.1. The Kier molecular flexibility index (Phi) is 6.02. The number of halogens is 1. The molecule has 0 unspecified atom stereocenters. The fraction of sp³-hybridized carbons (Fsp3) is 0.0952. The standard InChI is InChI=1S/C21H18ClNO4S/c1-15-2-12-20(13-3-15)28(25,26)23-18-8-10-19(11-9-18)27-14-21(24)16-4-6-17(22)7-5-16/h2-13,23H,14H2,1H3. The number of hydrogen-bond acceptors (Lipinski definition) is 4. The van der Waals surface area contributed by atoms with Crippen LogP contribution >= 0.6 is 11.6 Å². The lowest BCUT2D eigenvalue weighted by atomic mass is 10.1. The predicted molar refractivity (Wildman–Crippen MR) is 110 cm³/mol. The topological polar surface area (TPSA) is 72.5 Å². The molecular weight excluding hydrogens is 398 g/mol. The third-order valence-corrected chi connectivity index (χ3v) is 5.62. The van der Waals surface area contributed by atoms with Crippen LogP contribution in [0.25, 0.3) is 0 Å². The van der Waals surface area contributed by atoms with E-state index in [0.29, 0.717) is 22.0 Å². The number of anilines is 1. The van der Waals surface area contributed by atoms with Crippen LogP contribution in [0.15, 0.2) is 77.7 Å². The van der Waals surface area contributed by atoms with Gasteiger partial charge in [-0.15, -0.1) is 0 Å². The zero-order valence-corrected chi connectivity index (χ0v) is 16.6. The second-order valence-electron chi connectivity index (χ2n) is 6.16. The number of sulfonamides is 1. The van der Waals surface area contributed by atoms with E-state index >= 15 is 0 Å². The van der Waals surface area contributed by atoms with Gasteiger partial charge in [0.15, 0.2) is 12.4 Å². The first-order chi connectivity index (χ1) is 13.3. The molecule has 0 aliphatic heterocycles. The first-order valence-electron chi connectivity index (χ1n) is 8.45. The number of ether oxygens (including phenoxy) is 1. The highest BCUT2D eigenvalue weighted by molar-refractivity contribution is 7.92. The van der Waals surface area contributed by atoms with Crippen molar-refractivity contribution in [3.05, 3.63) is 88.9 Å². The molecule has 7 heteroatoms. The molecule has 0 saturated carbocycles. The van der Waals surface area contributed by atoms with Crippen LogP contribution < -0.4 is 9.46 Å². The number of ketones is 1. The van der Waals surface area contributed by atoms with Crippen molar-refractivity contribution in [2.75, 3.05) is 11.3 Å². The third kappa shape index (κ3) is 5.12. The highest BCUT2D eigenvalue weighted by atomic mass is 35.5. The van der Waals surface area contributed by atoms with Crippen LogP contribution in [-0.4, -0.2) is 20.8 Å². The number of rotatable bonds is 7. The number of benzene rings is 3. The van der Waals surface area contributed by atoms with Gasteiger partial charge in [0.2, 0.25) is 0 Å². The van der Waals surface area contributed by atoms with Crippen LogP contribution in [0.1, 0.15) is 15.9 Å². The van der Waals surface area contributed by atoms with Crippen molar-refractivity contribution in [2.24, 2.45) is 0 Å². The van der Waals surface area contributed by atoms with E-state index in [1.807, 2.05) is 6.92 Å². The summed E-state index contributed by atoms with van der Waals surface area (Å²) in [7, 11) is -3.66. The summed E-state index contributed by atoms with van der Waals surface area (Å²) in [6, 6.07) is 19.5. The first kappa shape index (κ1) is 19.9. The van der Waals surface area contributed by atoms with Gasteiger partial charge in [-0.05, 0) is 67.6 Å². The molecule has 5 nitrogen and oxygen atoms in total. The summed E-state index contributed by atoms with van der Waals surface area (Å²) in [5, 5.41) is 0.557. The molecule has 0 aliphatic carbocycles. The molecule has 144 valence electrons. The Morgan fingerprint density at radius 2 is 1.54 bits per heavy atom. The largest absolute Gasteiger partial charge is 0.485 e. The minimum absolute atomic E-state index is 0.129. The van der Waals surface area contributed by atoms with Crippen LogP contribution in [0, 0.1) is 6.92 Å². The van der Waals surface area contributed by atoms with Gasteiger partial charge in [0, 0.05) is 16.3 Å². The van der Waals surface area contributed by atoms with Crippen molar-refractivity contribution in [2.45, 2.75) is 11.8 Å². The van der Waals surface area contributed by atoms with E-state index in [1.165, 1.54) is 0 Å². The van der Waals surface area contributed by atoms with Crippen molar-refractivity contribution >= 4 is 33.1 Å². The smallest absolute Gasteiger partial charge is 0.261 e. The van der Waals surface area contributed by atoms with Gasteiger partial charge in [-0.3, -0.25) is 9.52 Å². The number of hydrogen-bond donors (Lipinski definition) is 1. The Morgan fingerprint density at radius 1 is 0.929 bits per heavy atom. The molecule has 3 aromatic rings. The van der Waals surface area contributed by atoms with E-state index in [2.05, 4.69) is 4.72 Å². The van der Waals surface area contributed by atoms with E-state index < -0.39 is 10.0 Å². The molecule has 28 heavy (non-hydrogen) atoms. The summed E-state index contributed by atoms with van der Waals surface area (Å²) in [6.45, 7) is 1.76. The van der Waals surface area contributed by atoms with Gasteiger partial charge >= 0.3 is 0 Å². The van der Waals surface area contributed by atoms with Crippen molar-refractivity contribution < 1.29 is 17.9 Å². The van der Waals surface area contributed by atoms with Crippen LogP contribution in [-0.2, 0) is 10.0 Å². The fourth-order valence-electron chi connectivity index (χ4n) is 2.42. The molecule has 0 atom stereocenters. The van der Waals surface area contributed by atoms with E-state index in [0.717, 1.165) is 5.56 Å². The van der Waals surface area contributed by atoms with Gasteiger partial charge in [-0.25, -0.2) is 8.42 Å². The summed E-state index contributed by atoms with van der Waals surface area (Å²) >= 11 is 5.80. The Bertz CT molecular complexity index is 1060. The molecule has 0 bridgehead atoms. The Hall–Kier alpha value is -2.83. The van der Waals surface area contributed by atoms with E-state index in [4.69, 9.17) is 16.3 Å². The Labute approximate surface area is 169 Å². The minimum atomic E-state index is -3.66. The quantitative estimate of drug-likeness (QED) is 0.567. The monoisotopic (exact) mass is 415 g/mol. The molecule has 3 aromatic carbocycles. The molecule has 0 fully saturated rings. The summed E-state index contributed by atoms with van der Waals surface area (Å²) < 4.78 is 32.8. The number of aryl methyl sites for hydroxylation is 1. The lowest BCUT2D eigenvalue weighted by molar-refractivity contribution is 0.0921. The SMILES string of the molecule is Cc1ccc(S(=O)(=O)Nc2ccc(OCC(=O)c3ccc(Cl)cc3)cc2)cc1. The van der Waals surface area contributed by atoms with Gasteiger partial charge in [0.25, 0.3) is 10.0 Å². The maximum Gasteiger partial charge on any atom is 0.261 e. The van der Waals surface area contributed by atoms with Crippen LogP contribution in [0.5, 0.6) is 5.75 Å². The minimum Gasteiger partial charge on any atom is -0.485 e. The normalized spacial score (nSPS) is 11.1. The average molecular weight is 416 g/mol. The number of Topliss-reactive ketones (excluding diaryl/α,β-unsaturated/α-hetero) is 1. The van der Waals surface area contributed by atoms with Gasteiger partial charge in [-0.2, -0.15) is 0 Å². The lowest BCUT2D eigenvalue weighted by Gasteiger charge is -2.10. The fourth-order valence-corrected chi connectivity index (χ4v) is 3.60. The molecule has 0 aromatic heterocycles. The predicted octanol–water partition coefficient (Wildman–Crippen LogP) is 4.71. The number of carbonyl (C=O) groups is 1. The van der Waals surface area contributed by atoms with E-state index in [-0.39, 0.29) is 17.3 Å². The highest BCUT2D eigenvalue weighted by Crippen LogP contribution is 2.20. The molecule has 3 rings (SSSR count). The first-order valence-corrected chi connectivity index (χ1v) is 10.3. The Morgan fingerprint density at radius 3 is 2.14 bits per heavy atom. The summed E-state index contributed by atoms with van der Waals surface area (Å²) in [5.74, 6) is 0.279. The van der Waals surface area contributed by atoms with Gasteiger partial charge in [0.05, 0.1) is 4.90 Å². The maximum atomic E-state index is 12.4. The van der Waals surface area contributed by atoms with E-state index in [9.17, 15) is 13.2 Å². The highest BCUT2D eigenvalue weighted by Gasteiger charge is 2.14. The summed E-state index contributed by atoms with van der Waals surface area (Å²) in [6.07, 6.45) is 0. The molecule has 0 amide bonds.